The standard InChI is InChI=1S/C24H26ClFN4O8S/c1-24(30-6-7-36-12-20(30)32)5-4-16(15(26)8-24)28-10-14(38-23(28)35)11-29(19(31)13-37-21(33)9-27)22(34)17-2-3-18(25)39-17/h2-5,14H,6-13,27H2,1H3. The molecule has 4 amide bonds. The number of carbonyl (C=O) groups is 5. The predicted octanol–water partition coefficient (Wildman–Crippen LogP) is 1.45. The van der Waals surface area contributed by atoms with Gasteiger partial charge in [-0.15, -0.1) is 11.3 Å². The van der Waals surface area contributed by atoms with Crippen LogP contribution in [-0.4, -0.2) is 102 Å². The molecule has 3 aliphatic rings. The summed E-state index contributed by atoms with van der Waals surface area (Å²) in [6.07, 6.45) is 1.04. The number of nitrogens with two attached hydrogens (primary N) is 1. The van der Waals surface area contributed by atoms with Gasteiger partial charge in [0.1, 0.15) is 18.5 Å². The maximum absolute atomic E-state index is 15.4. The Morgan fingerprint density at radius 3 is 2.74 bits per heavy atom. The van der Waals surface area contributed by atoms with E-state index in [-0.39, 0.29) is 42.6 Å². The van der Waals surface area contributed by atoms with Crippen LogP contribution in [0.5, 0.6) is 0 Å². The zero-order valence-corrected chi connectivity index (χ0v) is 22.5. The van der Waals surface area contributed by atoms with Crippen LogP contribution in [0.25, 0.3) is 0 Å². The summed E-state index contributed by atoms with van der Waals surface area (Å²) in [7, 11) is 0. The molecule has 0 spiro atoms. The maximum atomic E-state index is 15.4. The van der Waals surface area contributed by atoms with Gasteiger partial charge in [-0.1, -0.05) is 17.7 Å². The highest BCUT2D eigenvalue weighted by Crippen LogP contribution is 2.36. The number of imide groups is 1. The van der Waals surface area contributed by atoms with Gasteiger partial charge in [0.15, 0.2) is 6.61 Å². The lowest BCUT2D eigenvalue weighted by Crippen LogP contribution is -2.54. The van der Waals surface area contributed by atoms with Crippen LogP contribution < -0.4 is 5.73 Å². The molecule has 2 saturated heterocycles. The number of hydrogen-bond acceptors (Lipinski definition) is 10. The zero-order chi connectivity index (χ0) is 28.3. The molecule has 0 bridgehead atoms. The number of thiophene rings is 1. The van der Waals surface area contributed by atoms with Crippen molar-refractivity contribution < 1.29 is 42.6 Å². The minimum atomic E-state index is -1.01. The van der Waals surface area contributed by atoms with Crippen LogP contribution in [0.1, 0.15) is 23.0 Å². The van der Waals surface area contributed by atoms with Gasteiger partial charge >= 0.3 is 12.1 Å². The highest BCUT2D eigenvalue weighted by atomic mass is 35.5. The maximum Gasteiger partial charge on any atom is 0.414 e. The fourth-order valence-electron chi connectivity index (χ4n) is 4.45. The van der Waals surface area contributed by atoms with Gasteiger partial charge in [0.05, 0.1) is 46.7 Å². The van der Waals surface area contributed by atoms with Crippen LogP contribution in [0, 0.1) is 0 Å². The fourth-order valence-corrected chi connectivity index (χ4v) is 5.44. The first-order valence-corrected chi connectivity index (χ1v) is 13.1. The van der Waals surface area contributed by atoms with E-state index in [1.54, 1.807) is 13.0 Å². The van der Waals surface area contributed by atoms with E-state index in [4.69, 9.17) is 31.5 Å². The van der Waals surface area contributed by atoms with E-state index < -0.39 is 54.5 Å². The monoisotopic (exact) mass is 584 g/mol. The van der Waals surface area contributed by atoms with Crippen LogP contribution in [0.4, 0.5) is 9.18 Å². The number of morpholine rings is 1. The van der Waals surface area contributed by atoms with E-state index in [1.165, 1.54) is 23.1 Å². The normalized spacial score (nSPS) is 23.2. The smallest absolute Gasteiger partial charge is 0.414 e. The molecule has 0 aromatic carbocycles. The minimum absolute atomic E-state index is 0.0354. The number of rotatable bonds is 8. The predicted molar refractivity (Wildman–Crippen MR) is 135 cm³/mol. The molecule has 3 heterocycles. The van der Waals surface area contributed by atoms with Crippen molar-refractivity contribution in [2.45, 2.75) is 25.0 Å². The molecule has 2 atom stereocenters. The molecule has 39 heavy (non-hydrogen) atoms. The number of halogens is 2. The molecule has 4 rings (SSSR count). The van der Waals surface area contributed by atoms with Gasteiger partial charge in [-0.25, -0.2) is 9.18 Å². The van der Waals surface area contributed by atoms with Gasteiger partial charge in [0.2, 0.25) is 5.91 Å². The summed E-state index contributed by atoms with van der Waals surface area (Å²) in [4.78, 5) is 65.8. The van der Waals surface area contributed by atoms with Crippen LogP contribution in [0.3, 0.4) is 0 Å². The molecule has 12 nitrogen and oxygen atoms in total. The molecule has 0 saturated carbocycles. The van der Waals surface area contributed by atoms with Crippen molar-refractivity contribution in [2.75, 3.05) is 46.0 Å². The first kappa shape index (κ1) is 28.7. The zero-order valence-electron chi connectivity index (χ0n) is 20.9. The van der Waals surface area contributed by atoms with E-state index in [0.29, 0.717) is 17.5 Å². The van der Waals surface area contributed by atoms with Crippen LogP contribution in [0.2, 0.25) is 4.34 Å². The summed E-state index contributed by atoms with van der Waals surface area (Å²) in [5.41, 5.74) is 4.22. The van der Waals surface area contributed by atoms with Gasteiger partial charge in [0, 0.05) is 13.0 Å². The summed E-state index contributed by atoms with van der Waals surface area (Å²) in [5, 5.41) is 0. The van der Waals surface area contributed by atoms with Crippen LogP contribution in [0.15, 0.2) is 35.8 Å². The third kappa shape index (κ3) is 6.30. The molecule has 1 aliphatic carbocycles. The quantitative estimate of drug-likeness (QED) is 0.448. The van der Waals surface area contributed by atoms with E-state index in [2.05, 4.69) is 0 Å². The van der Waals surface area contributed by atoms with Gasteiger partial charge in [-0.3, -0.25) is 29.0 Å². The van der Waals surface area contributed by atoms with Crippen molar-refractivity contribution in [3.63, 3.8) is 0 Å². The molecule has 2 N–H and O–H groups in total. The number of nitrogens with zero attached hydrogens (tertiary/aromatic N) is 3. The average Bonchev–Trinajstić information content (AvgIpc) is 3.50. The van der Waals surface area contributed by atoms with E-state index >= 15 is 4.39 Å². The van der Waals surface area contributed by atoms with Crippen molar-refractivity contribution in [3.05, 3.63) is 45.0 Å². The topological polar surface area (TPSA) is 149 Å². The summed E-state index contributed by atoms with van der Waals surface area (Å²) in [5.74, 6) is -3.32. The average molecular weight is 585 g/mol. The minimum Gasteiger partial charge on any atom is -0.455 e. The SMILES string of the molecule is CC1(N2CCOCC2=O)C=CC(N2CC(CN(C(=O)COC(=O)CN)C(=O)c3ccc(Cl)s3)OC2=O)=C(F)C1. The Morgan fingerprint density at radius 1 is 1.33 bits per heavy atom. The number of esters is 1. The van der Waals surface area contributed by atoms with Crippen molar-refractivity contribution in [3.8, 4) is 0 Å². The number of cyclic esters (lactones) is 1. The molecule has 2 unspecified atom stereocenters. The van der Waals surface area contributed by atoms with Crippen molar-refractivity contribution in [1.82, 2.24) is 14.7 Å². The summed E-state index contributed by atoms with van der Waals surface area (Å²) < 4.78 is 30.9. The molecule has 1 aromatic rings. The first-order chi connectivity index (χ1) is 18.5. The van der Waals surface area contributed by atoms with E-state index in [0.717, 1.165) is 21.1 Å². The largest absolute Gasteiger partial charge is 0.455 e. The Morgan fingerprint density at radius 2 is 2.10 bits per heavy atom. The third-order valence-corrected chi connectivity index (χ3v) is 7.62. The number of allylic oxidation sites excluding steroid dienone is 1. The van der Waals surface area contributed by atoms with Crippen LogP contribution in [-0.2, 0) is 28.6 Å². The van der Waals surface area contributed by atoms with Crippen molar-refractivity contribution >= 4 is 52.7 Å². The number of amides is 4. The lowest BCUT2D eigenvalue weighted by atomic mass is 9.88. The molecular formula is C24H26ClFN4O8S. The summed E-state index contributed by atoms with van der Waals surface area (Å²) in [6.45, 7) is 0.527. The molecule has 2 fully saturated rings. The highest BCUT2D eigenvalue weighted by Gasteiger charge is 2.42. The van der Waals surface area contributed by atoms with Gasteiger partial charge < -0.3 is 24.8 Å². The van der Waals surface area contributed by atoms with E-state index in [9.17, 15) is 24.0 Å². The van der Waals surface area contributed by atoms with Crippen molar-refractivity contribution in [2.24, 2.45) is 5.73 Å². The first-order valence-electron chi connectivity index (χ1n) is 11.9. The molecule has 0 radical (unpaired) electrons. The number of ether oxygens (including phenoxy) is 3. The molecule has 15 heteroatoms. The summed E-state index contributed by atoms with van der Waals surface area (Å²) in [6, 6.07) is 2.91. The fraction of sp³-hybridized carbons (Fsp3) is 0.458. The molecule has 210 valence electrons. The lowest BCUT2D eigenvalue weighted by molar-refractivity contribution is -0.150. The Labute approximate surface area is 231 Å². The second-order valence-corrected chi connectivity index (χ2v) is 10.9. The second-order valence-electron chi connectivity index (χ2n) is 9.15. The second kappa shape index (κ2) is 11.8. The molecule has 1 aromatic heterocycles. The third-order valence-electron chi connectivity index (χ3n) is 6.40. The van der Waals surface area contributed by atoms with Crippen LogP contribution >= 0.6 is 22.9 Å². The number of hydrogen-bond donors (Lipinski definition) is 1. The Kier molecular flexibility index (Phi) is 8.69. The van der Waals surface area contributed by atoms with Gasteiger partial charge in [-0.05, 0) is 25.1 Å². The number of carbonyl (C=O) groups excluding carboxylic acids is 5. The molecular weight excluding hydrogens is 559 g/mol. The van der Waals surface area contributed by atoms with E-state index in [1.807, 2.05) is 0 Å². The lowest BCUT2D eigenvalue weighted by Gasteiger charge is -2.43. The van der Waals surface area contributed by atoms with Gasteiger partial charge in [0.25, 0.3) is 11.8 Å². The molecule has 2 aliphatic heterocycles. The highest BCUT2D eigenvalue weighted by molar-refractivity contribution is 7.18. The summed E-state index contributed by atoms with van der Waals surface area (Å²) >= 11 is 6.86. The Hall–Kier alpha value is -3.33. The Bertz CT molecular complexity index is 1250. The Balaban J connectivity index is 1.48. The van der Waals surface area contributed by atoms with Crippen molar-refractivity contribution in [1.29, 1.82) is 0 Å². The van der Waals surface area contributed by atoms with Gasteiger partial charge in [-0.2, -0.15) is 0 Å².